The Balaban J connectivity index is 2.03. The average molecular weight is 330 g/mol. The molecule has 0 aromatic heterocycles. The largest absolute Gasteiger partial charge is 0.479 e. The number of carbonyl (C=O) groups is 2. The van der Waals surface area contributed by atoms with E-state index in [-0.39, 0.29) is 13.2 Å². The van der Waals surface area contributed by atoms with E-state index in [4.69, 9.17) is 9.47 Å². The fraction of sp³-hybridized carbons (Fsp3) is 0.222. The summed E-state index contributed by atoms with van der Waals surface area (Å²) < 4.78 is 10.6. The molecule has 0 amide bonds. The van der Waals surface area contributed by atoms with Gasteiger partial charge in [-0.1, -0.05) is 60.7 Å². The van der Waals surface area contributed by atoms with Crippen molar-refractivity contribution in [3.8, 4) is 0 Å². The lowest BCUT2D eigenvalue weighted by Gasteiger charge is -2.21. The molecule has 0 aliphatic rings. The van der Waals surface area contributed by atoms with Gasteiger partial charge in [-0.05, 0) is 11.1 Å². The van der Waals surface area contributed by atoms with Crippen LogP contribution in [0.4, 0.5) is 0 Å². The monoisotopic (exact) mass is 330 g/mol. The van der Waals surface area contributed by atoms with Crippen molar-refractivity contribution in [1.29, 1.82) is 0 Å². The minimum atomic E-state index is -1.61. The van der Waals surface area contributed by atoms with E-state index in [2.05, 4.69) is 0 Å². The van der Waals surface area contributed by atoms with Crippen LogP contribution in [0, 0.1) is 0 Å². The number of hydrogen-bond donors (Lipinski definition) is 2. The Morgan fingerprint density at radius 3 is 1.33 bits per heavy atom. The first-order valence-electron chi connectivity index (χ1n) is 7.34. The van der Waals surface area contributed by atoms with Gasteiger partial charge in [0, 0.05) is 0 Å². The molecule has 0 spiro atoms. The Morgan fingerprint density at radius 1 is 0.708 bits per heavy atom. The predicted molar refractivity (Wildman–Crippen MR) is 85.3 cm³/mol. The number of rotatable bonds is 9. The molecule has 126 valence electrons. The first-order valence-corrected chi connectivity index (χ1v) is 7.34. The maximum atomic E-state index is 11.4. The van der Waals surface area contributed by atoms with Crippen molar-refractivity contribution < 1.29 is 29.3 Å². The normalized spacial score (nSPS) is 13.2. The summed E-state index contributed by atoms with van der Waals surface area (Å²) in [5, 5.41) is 18.6. The average Bonchev–Trinajstić information content (AvgIpc) is 2.59. The molecule has 2 atom stereocenters. The third-order valence-electron chi connectivity index (χ3n) is 3.31. The number of ether oxygens (including phenoxy) is 2. The Hall–Kier alpha value is -2.70. The number of benzene rings is 2. The number of hydrogen-bond acceptors (Lipinski definition) is 4. The maximum absolute atomic E-state index is 11.4. The smallest absolute Gasteiger partial charge is 0.336 e. The first-order chi connectivity index (χ1) is 11.6. The van der Waals surface area contributed by atoms with Gasteiger partial charge >= 0.3 is 11.9 Å². The van der Waals surface area contributed by atoms with Crippen molar-refractivity contribution >= 4 is 11.9 Å². The molecule has 24 heavy (non-hydrogen) atoms. The van der Waals surface area contributed by atoms with Crippen LogP contribution in [0.2, 0.25) is 0 Å². The SMILES string of the molecule is O=C(O)[C@@H](OCc1ccccc1)[C@H](OCc1ccccc1)C(=O)O. The van der Waals surface area contributed by atoms with Crippen LogP contribution < -0.4 is 0 Å². The highest BCUT2D eigenvalue weighted by molar-refractivity contribution is 5.83. The zero-order valence-electron chi connectivity index (χ0n) is 12.9. The van der Waals surface area contributed by atoms with E-state index in [0.717, 1.165) is 11.1 Å². The molecule has 0 aliphatic heterocycles. The van der Waals surface area contributed by atoms with Crippen LogP contribution in [0.1, 0.15) is 11.1 Å². The van der Waals surface area contributed by atoms with E-state index in [1.807, 2.05) is 12.1 Å². The lowest BCUT2D eigenvalue weighted by atomic mass is 10.2. The Bertz CT molecular complexity index is 596. The summed E-state index contributed by atoms with van der Waals surface area (Å²) in [7, 11) is 0. The summed E-state index contributed by atoms with van der Waals surface area (Å²) in [6.45, 7) is -0.0352. The highest BCUT2D eigenvalue weighted by Crippen LogP contribution is 2.12. The molecule has 0 radical (unpaired) electrons. The first kappa shape index (κ1) is 17.7. The van der Waals surface area contributed by atoms with E-state index in [9.17, 15) is 19.8 Å². The molecule has 2 aromatic carbocycles. The zero-order valence-corrected chi connectivity index (χ0v) is 12.9. The van der Waals surface area contributed by atoms with Crippen LogP contribution in [0.5, 0.6) is 0 Å². The molecular formula is C18H18O6. The van der Waals surface area contributed by atoms with Crippen molar-refractivity contribution in [1.82, 2.24) is 0 Å². The molecule has 0 saturated heterocycles. The highest BCUT2D eigenvalue weighted by atomic mass is 16.6. The van der Waals surface area contributed by atoms with E-state index < -0.39 is 24.1 Å². The molecule has 2 aromatic rings. The van der Waals surface area contributed by atoms with Gasteiger partial charge in [-0.2, -0.15) is 0 Å². The van der Waals surface area contributed by atoms with Crippen molar-refractivity contribution in [2.75, 3.05) is 0 Å². The van der Waals surface area contributed by atoms with Gasteiger partial charge in [0.15, 0.2) is 12.2 Å². The van der Waals surface area contributed by atoms with Crippen LogP contribution in [-0.2, 0) is 32.3 Å². The lowest BCUT2D eigenvalue weighted by molar-refractivity contribution is -0.179. The molecule has 0 unspecified atom stereocenters. The van der Waals surface area contributed by atoms with Gasteiger partial charge in [-0.3, -0.25) is 0 Å². The molecule has 0 aliphatic carbocycles. The van der Waals surface area contributed by atoms with Crippen LogP contribution in [-0.4, -0.2) is 34.4 Å². The summed E-state index contributed by atoms with van der Waals surface area (Å²) in [4.78, 5) is 22.8. The van der Waals surface area contributed by atoms with Crippen molar-refractivity contribution in [3.63, 3.8) is 0 Å². The topological polar surface area (TPSA) is 93.1 Å². The summed E-state index contributed by atoms with van der Waals surface area (Å²) in [5.74, 6) is -2.77. The van der Waals surface area contributed by atoms with Gasteiger partial charge in [-0.25, -0.2) is 9.59 Å². The number of carboxylic acid groups (broad SMARTS) is 2. The van der Waals surface area contributed by atoms with Gasteiger partial charge in [0.2, 0.25) is 0 Å². The van der Waals surface area contributed by atoms with Gasteiger partial charge in [-0.15, -0.1) is 0 Å². The second-order valence-electron chi connectivity index (χ2n) is 5.11. The molecule has 2 rings (SSSR count). The minimum absolute atomic E-state index is 0.0176. The molecule has 0 heterocycles. The molecule has 2 N–H and O–H groups in total. The summed E-state index contributed by atoms with van der Waals surface area (Å²) >= 11 is 0. The fourth-order valence-electron chi connectivity index (χ4n) is 2.10. The summed E-state index contributed by atoms with van der Waals surface area (Å²) in [5.41, 5.74) is 1.49. The van der Waals surface area contributed by atoms with Gasteiger partial charge in [0.05, 0.1) is 13.2 Å². The molecule has 6 nitrogen and oxygen atoms in total. The van der Waals surface area contributed by atoms with Crippen LogP contribution in [0.25, 0.3) is 0 Å². The van der Waals surface area contributed by atoms with Gasteiger partial charge in [0.1, 0.15) is 0 Å². The highest BCUT2D eigenvalue weighted by Gasteiger charge is 2.36. The van der Waals surface area contributed by atoms with Gasteiger partial charge in [0.25, 0.3) is 0 Å². The maximum Gasteiger partial charge on any atom is 0.336 e. The van der Waals surface area contributed by atoms with Crippen LogP contribution in [0.15, 0.2) is 60.7 Å². The Morgan fingerprint density at radius 2 is 1.04 bits per heavy atom. The second-order valence-corrected chi connectivity index (χ2v) is 5.11. The number of carboxylic acids is 2. The molecule has 6 heteroatoms. The van der Waals surface area contributed by atoms with Crippen LogP contribution >= 0.6 is 0 Å². The van der Waals surface area contributed by atoms with Crippen molar-refractivity contribution in [2.45, 2.75) is 25.4 Å². The molecule has 0 bridgehead atoms. The third kappa shape index (κ3) is 5.19. The number of aliphatic carboxylic acids is 2. The molecule has 0 fully saturated rings. The van der Waals surface area contributed by atoms with E-state index >= 15 is 0 Å². The standard InChI is InChI=1S/C18H18O6/c19-17(20)15(23-11-13-7-3-1-4-8-13)16(18(21)22)24-12-14-9-5-2-6-10-14/h1-10,15-16H,11-12H2,(H,19,20)(H,21,22)/t15-,16-/m0/s1. The minimum Gasteiger partial charge on any atom is -0.479 e. The van der Waals surface area contributed by atoms with Crippen molar-refractivity contribution in [3.05, 3.63) is 71.8 Å². The Labute approximate surface area is 139 Å². The van der Waals surface area contributed by atoms with Gasteiger partial charge < -0.3 is 19.7 Å². The molecule has 0 saturated carbocycles. The fourth-order valence-corrected chi connectivity index (χ4v) is 2.10. The van der Waals surface area contributed by atoms with Crippen molar-refractivity contribution in [2.24, 2.45) is 0 Å². The van der Waals surface area contributed by atoms with E-state index in [1.54, 1.807) is 48.5 Å². The summed E-state index contributed by atoms with van der Waals surface area (Å²) in [6.07, 6.45) is -3.21. The van der Waals surface area contributed by atoms with E-state index in [0.29, 0.717) is 0 Å². The molecular weight excluding hydrogens is 312 g/mol. The van der Waals surface area contributed by atoms with E-state index in [1.165, 1.54) is 0 Å². The summed E-state index contributed by atoms with van der Waals surface area (Å²) in [6, 6.07) is 17.8. The van der Waals surface area contributed by atoms with Crippen LogP contribution in [0.3, 0.4) is 0 Å². The predicted octanol–water partition coefficient (Wildman–Crippen LogP) is 2.33. The lowest BCUT2D eigenvalue weighted by Crippen LogP contribution is -2.43. The Kier molecular flexibility index (Phi) is 6.48. The quantitative estimate of drug-likeness (QED) is 0.733. The third-order valence-corrected chi connectivity index (χ3v) is 3.31. The second kappa shape index (κ2) is 8.81. The zero-order chi connectivity index (χ0) is 17.4.